The number of carbonyl (C=O) groups excluding carboxylic acids is 2. The summed E-state index contributed by atoms with van der Waals surface area (Å²) in [6.45, 7) is 9.03. The van der Waals surface area contributed by atoms with Gasteiger partial charge in [-0.2, -0.15) is 0 Å². The SMILES string of the molecule is NCCCNCCCC(NCCCN)C(=O)NCCCCCCNC(=O)C(CCCNCCCN)NCCCN. The number of rotatable bonds is 31. The van der Waals surface area contributed by atoms with Gasteiger partial charge in [0.1, 0.15) is 0 Å². The molecule has 0 saturated carbocycles. The first-order valence-electron chi connectivity index (χ1n) is 15.8. The summed E-state index contributed by atoms with van der Waals surface area (Å²) in [5.41, 5.74) is 22.3. The van der Waals surface area contributed by atoms with E-state index in [0.717, 1.165) is 116 Å². The zero-order valence-electron chi connectivity index (χ0n) is 25.3. The molecule has 2 unspecified atom stereocenters. The highest BCUT2D eigenvalue weighted by Crippen LogP contribution is 2.02. The fourth-order valence-corrected chi connectivity index (χ4v) is 4.25. The van der Waals surface area contributed by atoms with Crippen LogP contribution >= 0.6 is 0 Å². The number of nitrogens with one attached hydrogen (secondary N) is 6. The molecule has 238 valence electrons. The first-order valence-corrected chi connectivity index (χ1v) is 15.8. The molecule has 0 aliphatic rings. The van der Waals surface area contributed by atoms with E-state index in [9.17, 15) is 9.59 Å². The van der Waals surface area contributed by atoms with Gasteiger partial charge in [-0.15, -0.1) is 0 Å². The lowest BCUT2D eigenvalue weighted by Gasteiger charge is -2.19. The Morgan fingerprint density at radius 1 is 0.425 bits per heavy atom. The Labute approximate surface area is 244 Å². The standard InChI is InChI=1S/C28H64N10O2/c29-13-7-19-33-17-5-11-25(35-23-9-15-31)27(39)37-21-3-1-2-4-22-38-28(40)26(36-24-10-16-32)12-6-18-34-20-8-14-30/h25-26,33-36H,1-24,29-32H2,(H,37,39)(H,38,40). The van der Waals surface area contributed by atoms with E-state index in [4.69, 9.17) is 22.9 Å². The van der Waals surface area contributed by atoms with E-state index >= 15 is 0 Å². The van der Waals surface area contributed by atoms with E-state index in [2.05, 4.69) is 31.9 Å². The maximum Gasteiger partial charge on any atom is 0.237 e. The number of hydrogen-bond acceptors (Lipinski definition) is 10. The molecule has 0 spiro atoms. The Kier molecular flexibility index (Phi) is 29.5. The zero-order valence-corrected chi connectivity index (χ0v) is 25.3. The van der Waals surface area contributed by atoms with Gasteiger partial charge < -0.3 is 54.8 Å². The van der Waals surface area contributed by atoms with Crippen molar-refractivity contribution < 1.29 is 9.59 Å². The van der Waals surface area contributed by atoms with Gasteiger partial charge >= 0.3 is 0 Å². The second kappa shape index (κ2) is 30.6. The molecule has 0 aliphatic heterocycles. The van der Waals surface area contributed by atoms with Crippen molar-refractivity contribution in [1.29, 1.82) is 0 Å². The summed E-state index contributed by atoms with van der Waals surface area (Å²) in [6, 6.07) is -0.377. The molecule has 0 aromatic heterocycles. The van der Waals surface area contributed by atoms with Crippen LogP contribution in [0.15, 0.2) is 0 Å². The Hall–Kier alpha value is -1.38. The topological polar surface area (TPSA) is 210 Å². The Morgan fingerprint density at radius 2 is 0.775 bits per heavy atom. The van der Waals surface area contributed by atoms with E-state index in [1.807, 2.05) is 0 Å². The lowest BCUT2D eigenvalue weighted by atomic mass is 10.1. The monoisotopic (exact) mass is 573 g/mol. The van der Waals surface area contributed by atoms with Crippen LogP contribution in [0.3, 0.4) is 0 Å². The summed E-state index contributed by atoms with van der Waals surface area (Å²) in [7, 11) is 0. The number of carbonyl (C=O) groups is 2. The normalized spacial score (nSPS) is 12.8. The van der Waals surface area contributed by atoms with Crippen molar-refractivity contribution in [3.63, 3.8) is 0 Å². The van der Waals surface area contributed by atoms with E-state index in [-0.39, 0.29) is 23.9 Å². The molecule has 0 aromatic rings. The van der Waals surface area contributed by atoms with E-state index in [1.165, 1.54) is 0 Å². The molecule has 0 aliphatic carbocycles. The highest BCUT2D eigenvalue weighted by atomic mass is 16.2. The quantitative estimate of drug-likeness (QED) is 0.0450. The number of hydrogen-bond donors (Lipinski definition) is 10. The summed E-state index contributed by atoms with van der Waals surface area (Å²) in [6.07, 6.45) is 11.0. The Morgan fingerprint density at radius 3 is 1.15 bits per heavy atom. The van der Waals surface area contributed by atoms with Crippen LogP contribution in [-0.4, -0.2) is 102 Å². The molecule has 0 saturated heterocycles. The van der Waals surface area contributed by atoms with Gasteiger partial charge in [0.05, 0.1) is 12.1 Å². The lowest BCUT2D eigenvalue weighted by Crippen LogP contribution is -2.45. The first-order chi connectivity index (χ1) is 19.6. The second-order valence-electron chi connectivity index (χ2n) is 10.4. The fraction of sp³-hybridized carbons (Fsp3) is 0.929. The third kappa shape index (κ3) is 24.4. The average molecular weight is 573 g/mol. The summed E-state index contributed by atoms with van der Waals surface area (Å²) in [5.74, 6) is 0.128. The van der Waals surface area contributed by atoms with Crippen LogP contribution in [0.2, 0.25) is 0 Å². The van der Waals surface area contributed by atoms with Gasteiger partial charge in [0, 0.05) is 13.1 Å². The molecule has 0 fully saturated rings. The molecular weight excluding hydrogens is 508 g/mol. The van der Waals surface area contributed by atoms with Crippen LogP contribution in [0.5, 0.6) is 0 Å². The van der Waals surface area contributed by atoms with Gasteiger partial charge in [-0.3, -0.25) is 9.59 Å². The Bertz CT molecular complexity index is 523. The predicted octanol–water partition coefficient (Wildman–Crippen LogP) is -1.17. The van der Waals surface area contributed by atoms with Gasteiger partial charge in [0.15, 0.2) is 0 Å². The minimum absolute atomic E-state index is 0.0639. The third-order valence-electron chi connectivity index (χ3n) is 6.69. The fourth-order valence-electron chi connectivity index (χ4n) is 4.25. The molecular formula is C28H64N10O2. The minimum Gasteiger partial charge on any atom is -0.355 e. The van der Waals surface area contributed by atoms with Crippen molar-refractivity contribution in [2.45, 2.75) is 89.1 Å². The molecule has 12 nitrogen and oxygen atoms in total. The molecule has 2 atom stereocenters. The van der Waals surface area contributed by atoms with Gasteiger partial charge in [-0.05, 0) is 130 Å². The van der Waals surface area contributed by atoms with E-state index < -0.39 is 0 Å². The van der Waals surface area contributed by atoms with Crippen molar-refractivity contribution in [2.75, 3.05) is 78.5 Å². The van der Waals surface area contributed by atoms with Crippen molar-refractivity contribution in [2.24, 2.45) is 22.9 Å². The smallest absolute Gasteiger partial charge is 0.237 e. The van der Waals surface area contributed by atoms with Gasteiger partial charge in [0.25, 0.3) is 0 Å². The van der Waals surface area contributed by atoms with E-state index in [0.29, 0.717) is 39.3 Å². The van der Waals surface area contributed by atoms with Crippen molar-refractivity contribution in [3.8, 4) is 0 Å². The van der Waals surface area contributed by atoms with Gasteiger partial charge in [0.2, 0.25) is 11.8 Å². The van der Waals surface area contributed by atoms with Crippen LogP contribution < -0.4 is 54.8 Å². The molecule has 14 N–H and O–H groups in total. The van der Waals surface area contributed by atoms with Gasteiger partial charge in [-0.1, -0.05) is 12.8 Å². The molecule has 0 radical (unpaired) electrons. The molecule has 40 heavy (non-hydrogen) atoms. The van der Waals surface area contributed by atoms with Crippen LogP contribution in [0.1, 0.15) is 77.0 Å². The molecule has 0 heterocycles. The third-order valence-corrected chi connectivity index (χ3v) is 6.69. The minimum atomic E-state index is -0.189. The highest BCUT2D eigenvalue weighted by Gasteiger charge is 2.17. The maximum atomic E-state index is 12.7. The van der Waals surface area contributed by atoms with Crippen molar-refractivity contribution in [3.05, 3.63) is 0 Å². The average Bonchev–Trinajstić information content (AvgIpc) is 2.95. The van der Waals surface area contributed by atoms with Crippen LogP contribution in [0.25, 0.3) is 0 Å². The number of amides is 2. The van der Waals surface area contributed by atoms with Crippen LogP contribution in [-0.2, 0) is 9.59 Å². The van der Waals surface area contributed by atoms with Crippen LogP contribution in [0, 0.1) is 0 Å². The summed E-state index contributed by atoms with van der Waals surface area (Å²) in [4.78, 5) is 25.4. The van der Waals surface area contributed by atoms with E-state index in [1.54, 1.807) is 0 Å². The zero-order chi connectivity index (χ0) is 29.5. The number of unbranched alkanes of at least 4 members (excludes halogenated alkanes) is 3. The summed E-state index contributed by atoms with van der Waals surface area (Å²) >= 11 is 0. The molecule has 0 bridgehead atoms. The van der Waals surface area contributed by atoms with Crippen LogP contribution in [0.4, 0.5) is 0 Å². The summed E-state index contributed by atoms with van der Waals surface area (Å²) in [5, 5.41) is 19.6. The molecule has 2 amide bonds. The second-order valence-corrected chi connectivity index (χ2v) is 10.4. The predicted molar refractivity (Wildman–Crippen MR) is 167 cm³/mol. The molecule has 0 rings (SSSR count). The highest BCUT2D eigenvalue weighted by molar-refractivity contribution is 5.82. The van der Waals surface area contributed by atoms with Crippen molar-refractivity contribution >= 4 is 11.8 Å². The van der Waals surface area contributed by atoms with Gasteiger partial charge in [-0.25, -0.2) is 0 Å². The largest absolute Gasteiger partial charge is 0.355 e. The maximum absolute atomic E-state index is 12.7. The lowest BCUT2D eigenvalue weighted by molar-refractivity contribution is -0.124. The number of nitrogens with two attached hydrogens (primary N) is 4. The Balaban J connectivity index is 4.12. The first kappa shape index (κ1) is 38.6. The molecule has 12 heteroatoms. The summed E-state index contributed by atoms with van der Waals surface area (Å²) < 4.78 is 0. The van der Waals surface area contributed by atoms with Crippen molar-refractivity contribution in [1.82, 2.24) is 31.9 Å². The molecule has 0 aromatic carbocycles.